The standard InChI is InChI=1S/C18H22N12O/c19-27-23-8-11-5-13(10-25-29-21)14-7-16(26-15(14)6-11)18(31)30(22)17-4-2-1-3-12(17)9-24-28-20/h5-7,12,17,26H,1-4,8-10,22H2. The molecule has 1 amide bonds. The molecule has 0 bridgehead atoms. The van der Waals surface area contributed by atoms with E-state index in [1.54, 1.807) is 18.2 Å². The van der Waals surface area contributed by atoms with Crippen molar-refractivity contribution in [2.75, 3.05) is 6.54 Å². The molecule has 0 radical (unpaired) electrons. The number of carbonyl (C=O) groups excluding carboxylic acids is 1. The number of nitrogens with zero attached hydrogens (tertiary/aromatic N) is 10. The molecule has 0 aliphatic heterocycles. The molecule has 13 nitrogen and oxygen atoms in total. The molecule has 0 saturated heterocycles. The van der Waals surface area contributed by atoms with Crippen molar-refractivity contribution in [1.82, 2.24) is 9.99 Å². The Bertz CT molecular complexity index is 1100. The van der Waals surface area contributed by atoms with Gasteiger partial charge in [0, 0.05) is 32.2 Å². The van der Waals surface area contributed by atoms with Gasteiger partial charge in [0.25, 0.3) is 5.91 Å². The fourth-order valence-electron chi connectivity index (χ4n) is 4.14. The summed E-state index contributed by atoms with van der Waals surface area (Å²) in [5.41, 5.74) is 28.3. The van der Waals surface area contributed by atoms with Gasteiger partial charge in [-0.15, -0.1) is 0 Å². The Hall–Kier alpha value is -3.88. The van der Waals surface area contributed by atoms with Gasteiger partial charge in [-0.2, -0.15) is 0 Å². The molecule has 0 spiro atoms. The smallest absolute Gasteiger partial charge is 0.284 e. The van der Waals surface area contributed by atoms with Gasteiger partial charge >= 0.3 is 0 Å². The van der Waals surface area contributed by atoms with Crippen LogP contribution >= 0.6 is 0 Å². The molecular formula is C18H22N12O. The van der Waals surface area contributed by atoms with Crippen molar-refractivity contribution in [2.24, 2.45) is 27.1 Å². The number of nitrogens with one attached hydrogen (secondary N) is 1. The van der Waals surface area contributed by atoms with Crippen molar-refractivity contribution >= 4 is 16.8 Å². The van der Waals surface area contributed by atoms with Gasteiger partial charge in [-0.3, -0.25) is 9.80 Å². The van der Waals surface area contributed by atoms with Gasteiger partial charge in [-0.05, 0) is 58.6 Å². The van der Waals surface area contributed by atoms with Crippen LogP contribution in [-0.4, -0.2) is 28.5 Å². The Morgan fingerprint density at radius 2 is 1.77 bits per heavy atom. The maximum Gasteiger partial charge on any atom is 0.284 e. The quantitative estimate of drug-likeness (QED) is 0.151. The van der Waals surface area contributed by atoms with Crippen LogP contribution < -0.4 is 5.84 Å². The van der Waals surface area contributed by atoms with E-state index in [4.69, 9.17) is 22.4 Å². The van der Waals surface area contributed by atoms with Crippen molar-refractivity contribution < 1.29 is 4.79 Å². The molecule has 2 atom stereocenters. The fraction of sp³-hybridized carbons (Fsp3) is 0.500. The van der Waals surface area contributed by atoms with Gasteiger partial charge in [0.1, 0.15) is 5.69 Å². The molecule has 160 valence electrons. The molecule has 3 rings (SSSR count). The number of carbonyl (C=O) groups is 1. The molecule has 1 aliphatic rings. The highest BCUT2D eigenvalue weighted by atomic mass is 16.2. The molecule has 1 aromatic carbocycles. The van der Waals surface area contributed by atoms with E-state index >= 15 is 0 Å². The van der Waals surface area contributed by atoms with Crippen LogP contribution in [0.1, 0.15) is 47.3 Å². The second-order valence-corrected chi connectivity index (χ2v) is 7.41. The van der Waals surface area contributed by atoms with Gasteiger partial charge in [0.15, 0.2) is 0 Å². The maximum absolute atomic E-state index is 13.1. The molecule has 1 heterocycles. The molecule has 13 heteroatoms. The molecule has 2 aromatic rings. The number of hydrogen-bond acceptors (Lipinski definition) is 5. The number of azide groups is 3. The summed E-state index contributed by atoms with van der Waals surface area (Å²) in [6, 6.07) is 5.03. The van der Waals surface area contributed by atoms with Crippen molar-refractivity contribution in [1.29, 1.82) is 0 Å². The average Bonchev–Trinajstić information content (AvgIpc) is 3.23. The van der Waals surface area contributed by atoms with Crippen LogP contribution in [0.3, 0.4) is 0 Å². The lowest BCUT2D eigenvalue weighted by molar-refractivity contribution is 0.0537. The van der Waals surface area contributed by atoms with Crippen LogP contribution in [0.2, 0.25) is 0 Å². The number of aromatic amines is 1. The SMILES string of the molecule is [N-]=[N+]=NCc1cc(CN=[N+]=[N-])c2cc(C(=O)N(N)C3CCCCC3CN=[N+]=[N-])[nH]c2c1. The monoisotopic (exact) mass is 422 g/mol. The largest absolute Gasteiger partial charge is 0.350 e. The predicted octanol–water partition coefficient (Wildman–Crippen LogP) is 4.97. The van der Waals surface area contributed by atoms with Crippen LogP contribution in [0.15, 0.2) is 33.5 Å². The lowest BCUT2D eigenvalue weighted by Gasteiger charge is -2.36. The average molecular weight is 422 g/mol. The second-order valence-electron chi connectivity index (χ2n) is 7.41. The Kier molecular flexibility index (Phi) is 7.21. The maximum atomic E-state index is 13.1. The lowest BCUT2D eigenvalue weighted by Crippen LogP contribution is -2.51. The number of amides is 1. The zero-order chi connectivity index (χ0) is 22.2. The van der Waals surface area contributed by atoms with Crippen LogP contribution in [0, 0.1) is 5.92 Å². The fourth-order valence-corrected chi connectivity index (χ4v) is 4.14. The summed E-state index contributed by atoms with van der Waals surface area (Å²) in [5.74, 6) is 5.87. The van der Waals surface area contributed by atoms with E-state index in [2.05, 4.69) is 35.1 Å². The molecule has 1 fully saturated rings. The molecular weight excluding hydrogens is 400 g/mol. The summed E-state index contributed by atoms with van der Waals surface area (Å²) in [4.78, 5) is 24.6. The summed E-state index contributed by atoms with van der Waals surface area (Å²) in [6.45, 7) is 0.518. The number of aromatic nitrogens is 1. The van der Waals surface area contributed by atoms with E-state index < -0.39 is 0 Å². The summed E-state index contributed by atoms with van der Waals surface area (Å²) < 4.78 is 0. The highest BCUT2D eigenvalue weighted by Gasteiger charge is 2.32. The summed E-state index contributed by atoms with van der Waals surface area (Å²) in [7, 11) is 0. The Morgan fingerprint density at radius 1 is 1.06 bits per heavy atom. The normalized spacial score (nSPS) is 17.8. The molecule has 1 aliphatic carbocycles. The highest BCUT2D eigenvalue weighted by molar-refractivity contribution is 5.99. The Balaban J connectivity index is 1.93. The summed E-state index contributed by atoms with van der Waals surface area (Å²) in [5, 5.41) is 12.8. The number of rotatable bonds is 8. The van der Waals surface area contributed by atoms with Gasteiger partial charge in [-0.25, -0.2) is 5.84 Å². The number of H-pyrrole nitrogens is 1. The summed E-state index contributed by atoms with van der Waals surface area (Å²) >= 11 is 0. The minimum atomic E-state index is -0.375. The minimum absolute atomic E-state index is 0.0129. The molecule has 1 aromatic heterocycles. The van der Waals surface area contributed by atoms with Crippen LogP contribution in [0.5, 0.6) is 0 Å². The van der Waals surface area contributed by atoms with Crippen LogP contribution in [0.4, 0.5) is 0 Å². The first-order valence-corrected chi connectivity index (χ1v) is 9.84. The summed E-state index contributed by atoms with van der Waals surface area (Å²) in [6.07, 6.45) is 3.54. The topological polar surface area (TPSA) is 208 Å². The first-order valence-electron chi connectivity index (χ1n) is 9.84. The van der Waals surface area contributed by atoms with Gasteiger partial charge in [0.05, 0.1) is 19.1 Å². The first-order chi connectivity index (χ1) is 15.1. The first kappa shape index (κ1) is 21.8. The van der Waals surface area contributed by atoms with E-state index in [0.717, 1.165) is 36.6 Å². The molecule has 2 unspecified atom stereocenters. The highest BCUT2D eigenvalue weighted by Crippen LogP contribution is 2.29. The number of benzene rings is 1. The van der Waals surface area contributed by atoms with Crippen molar-refractivity contribution in [3.8, 4) is 0 Å². The van der Waals surface area contributed by atoms with E-state index in [-0.39, 0.29) is 31.0 Å². The number of hydrogen-bond donors (Lipinski definition) is 2. The Labute approximate surface area is 177 Å². The number of hydrazine groups is 1. The molecule has 3 N–H and O–H groups in total. The van der Waals surface area contributed by atoms with E-state index in [1.165, 1.54) is 5.01 Å². The zero-order valence-corrected chi connectivity index (χ0v) is 16.8. The molecule has 31 heavy (non-hydrogen) atoms. The number of nitrogens with two attached hydrogens (primary N) is 1. The minimum Gasteiger partial charge on any atom is -0.350 e. The third-order valence-corrected chi connectivity index (χ3v) is 5.57. The van der Waals surface area contributed by atoms with Gasteiger partial charge < -0.3 is 4.98 Å². The Morgan fingerprint density at radius 3 is 2.52 bits per heavy atom. The van der Waals surface area contributed by atoms with Crippen molar-refractivity contribution in [3.05, 3.63) is 66.3 Å². The van der Waals surface area contributed by atoms with E-state index in [9.17, 15) is 4.79 Å². The third-order valence-electron chi connectivity index (χ3n) is 5.57. The van der Waals surface area contributed by atoms with Gasteiger partial charge in [-0.1, -0.05) is 34.3 Å². The zero-order valence-electron chi connectivity index (χ0n) is 16.8. The third kappa shape index (κ3) is 5.00. The van der Waals surface area contributed by atoms with Crippen molar-refractivity contribution in [3.63, 3.8) is 0 Å². The lowest BCUT2D eigenvalue weighted by atomic mass is 9.84. The van der Waals surface area contributed by atoms with Gasteiger partial charge in [0.2, 0.25) is 0 Å². The second kappa shape index (κ2) is 10.2. The molecule has 1 saturated carbocycles. The predicted molar refractivity (Wildman–Crippen MR) is 114 cm³/mol. The van der Waals surface area contributed by atoms with Crippen LogP contribution in [-0.2, 0) is 13.1 Å². The number of fused-ring (bicyclic) bond motifs is 1. The van der Waals surface area contributed by atoms with E-state index in [0.29, 0.717) is 23.3 Å². The van der Waals surface area contributed by atoms with E-state index in [1.807, 2.05) is 0 Å². The van der Waals surface area contributed by atoms with Crippen LogP contribution in [0.25, 0.3) is 42.2 Å². The van der Waals surface area contributed by atoms with Crippen molar-refractivity contribution in [2.45, 2.75) is 44.8 Å².